The highest BCUT2D eigenvalue weighted by molar-refractivity contribution is 5.28. The lowest BCUT2D eigenvalue weighted by molar-refractivity contribution is 0.0990. The fourth-order valence-electron chi connectivity index (χ4n) is 3.05. The molecule has 0 aliphatic heterocycles. The molecule has 0 aromatic heterocycles. The Labute approximate surface area is 111 Å². The van der Waals surface area contributed by atoms with Gasteiger partial charge in [-0.2, -0.15) is 0 Å². The number of aryl methyl sites for hydroxylation is 1. The third-order valence-corrected chi connectivity index (χ3v) is 4.44. The second-order valence-corrected chi connectivity index (χ2v) is 5.73. The van der Waals surface area contributed by atoms with E-state index in [1.807, 2.05) is 0 Å². The standard InChI is InChI=1S/C16H25NO/c1-12-7-4-5-9-15(12)13(2)17(3)11-14-8-6-10-16(14)18/h4-5,7,9,13-14,16,18H,6,8,10-11H2,1-3H3. The molecule has 2 heteroatoms. The Kier molecular flexibility index (Phi) is 4.41. The molecule has 1 N–H and O–H groups in total. The van der Waals surface area contributed by atoms with Gasteiger partial charge in [-0.3, -0.25) is 4.90 Å². The minimum atomic E-state index is -0.0866. The number of nitrogens with zero attached hydrogens (tertiary/aromatic N) is 1. The van der Waals surface area contributed by atoms with Crippen LogP contribution < -0.4 is 0 Å². The predicted octanol–water partition coefficient (Wildman–Crippen LogP) is 3.15. The number of hydrogen-bond donors (Lipinski definition) is 1. The average Bonchev–Trinajstić information content (AvgIpc) is 2.75. The first-order chi connectivity index (χ1) is 8.59. The fourth-order valence-corrected chi connectivity index (χ4v) is 3.05. The molecule has 3 unspecified atom stereocenters. The van der Waals surface area contributed by atoms with Gasteiger partial charge in [-0.1, -0.05) is 30.7 Å². The molecule has 2 nitrogen and oxygen atoms in total. The first-order valence-electron chi connectivity index (χ1n) is 7.03. The zero-order valence-corrected chi connectivity index (χ0v) is 11.8. The summed E-state index contributed by atoms with van der Waals surface area (Å²) in [6.07, 6.45) is 3.25. The van der Waals surface area contributed by atoms with E-state index in [9.17, 15) is 5.11 Å². The van der Waals surface area contributed by atoms with Crippen LogP contribution in [0.3, 0.4) is 0 Å². The van der Waals surface area contributed by atoms with Gasteiger partial charge >= 0.3 is 0 Å². The molecule has 18 heavy (non-hydrogen) atoms. The molecule has 0 heterocycles. The van der Waals surface area contributed by atoms with Gasteiger partial charge in [-0.25, -0.2) is 0 Å². The van der Waals surface area contributed by atoms with E-state index in [0.717, 1.165) is 13.0 Å². The van der Waals surface area contributed by atoms with Crippen LogP contribution in [0.4, 0.5) is 0 Å². The van der Waals surface area contributed by atoms with Crippen molar-refractivity contribution in [3.05, 3.63) is 35.4 Å². The lowest BCUT2D eigenvalue weighted by Gasteiger charge is -2.29. The highest BCUT2D eigenvalue weighted by Crippen LogP contribution is 2.29. The van der Waals surface area contributed by atoms with E-state index in [0.29, 0.717) is 12.0 Å². The molecule has 0 bridgehead atoms. The van der Waals surface area contributed by atoms with Gasteiger partial charge in [0.2, 0.25) is 0 Å². The Hall–Kier alpha value is -0.860. The van der Waals surface area contributed by atoms with Gasteiger partial charge in [0.1, 0.15) is 0 Å². The van der Waals surface area contributed by atoms with Crippen molar-refractivity contribution in [2.45, 2.75) is 45.3 Å². The van der Waals surface area contributed by atoms with Crippen molar-refractivity contribution in [1.29, 1.82) is 0 Å². The molecule has 1 aromatic carbocycles. The Bertz CT molecular complexity index is 390. The summed E-state index contributed by atoms with van der Waals surface area (Å²) in [5, 5.41) is 9.92. The van der Waals surface area contributed by atoms with Crippen LogP contribution in [0.5, 0.6) is 0 Å². The largest absolute Gasteiger partial charge is 0.393 e. The van der Waals surface area contributed by atoms with Crippen LogP contribution in [-0.4, -0.2) is 29.7 Å². The van der Waals surface area contributed by atoms with Gasteiger partial charge in [-0.05, 0) is 50.8 Å². The summed E-state index contributed by atoms with van der Waals surface area (Å²) in [6.45, 7) is 5.42. The SMILES string of the molecule is Cc1ccccc1C(C)N(C)CC1CCCC1O. The van der Waals surface area contributed by atoms with Crippen molar-refractivity contribution in [2.75, 3.05) is 13.6 Å². The highest BCUT2D eigenvalue weighted by Gasteiger charge is 2.27. The summed E-state index contributed by atoms with van der Waals surface area (Å²) in [5.41, 5.74) is 2.75. The normalized spacial score (nSPS) is 25.6. The number of rotatable bonds is 4. The van der Waals surface area contributed by atoms with Gasteiger partial charge < -0.3 is 5.11 Å². The Morgan fingerprint density at radius 2 is 2.06 bits per heavy atom. The van der Waals surface area contributed by atoms with E-state index in [4.69, 9.17) is 0 Å². The number of aliphatic hydroxyl groups is 1. The van der Waals surface area contributed by atoms with Crippen molar-refractivity contribution in [2.24, 2.45) is 5.92 Å². The molecule has 0 radical (unpaired) electrons. The van der Waals surface area contributed by atoms with Gasteiger partial charge in [0.25, 0.3) is 0 Å². The van der Waals surface area contributed by atoms with Crippen LogP contribution in [0.25, 0.3) is 0 Å². The summed E-state index contributed by atoms with van der Waals surface area (Å²) >= 11 is 0. The maximum absolute atomic E-state index is 9.92. The Morgan fingerprint density at radius 1 is 1.33 bits per heavy atom. The lowest BCUT2D eigenvalue weighted by Crippen LogP contribution is -2.32. The molecule has 1 aliphatic carbocycles. The van der Waals surface area contributed by atoms with E-state index in [1.54, 1.807) is 0 Å². The average molecular weight is 247 g/mol. The molecule has 1 aromatic rings. The summed E-state index contributed by atoms with van der Waals surface area (Å²) in [7, 11) is 2.17. The number of hydrogen-bond acceptors (Lipinski definition) is 2. The molecule has 0 spiro atoms. The molecule has 2 rings (SSSR count). The Morgan fingerprint density at radius 3 is 2.67 bits per heavy atom. The van der Waals surface area contributed by atoms with Gasteiger partial charge in [0, 0.05) is 12.6 Å². The fraction of sp³-hybridized carbons (Fsp3) is 0.625. The van der Waals surface area contributed by atoms with Crippen LogP contribution in [0.1, 0.15) is 43.4 Å². The van der Waals surface area contributed by atoms with Crippen molar-refractivity contribution >= 4 is 0 Å². The summed E-state index contributed by atoms with van der Waals surface area (Å²) in [4.78, 5) is 2.38. The van der Waals surface area contributed by atoms with Crippen LogP contribution in [0.2, 0.25) is 0 Å². The minimum absolute atomic E-state index is 0.0866. The van der Waals surface area contributed by atoms with Gasteiger partial charge in [-0.15, -0.1) is 0 Å². The summed E-state index contributed by atoms with van der Waals surface area (Å²) in [5.74, 6) is 0.460. The van der Waals surface area contributed by atoms with Crippen LogP contribution >= 0.6 is 0 Å². The van der Waals surface area contributed by atoms with E-state index in [2.05, 4.69) is 50.1 Å². The smallest absolute Gasteiger partial charge is 0.0580 e. The third-order valence-electron chi connectivity index (χ3n) is 4.44. The monoisotopic (exact) mass is 247 g/mol. The van der Waals surface area contributed by atoms with Crippen molar-refractivity contribution in [3.8, 4) is 0 Å². The van der Waals surface area contributed by atoms with Crippen LogP contribution in [-0.2, 0) is 0 Å². The quantitative estimate of drug-likeness (QED) is 0.883. The maximum Gasteiger partial charge on any atom is 0.0580 e. The van der Waals surface area contributed by atoms with Crippen LogP contribution in [0.15, 0.2) is 24.3 Å². The minimum Gasteiger partial charge on any atom is -0.393 e. The van der Waals surface area contributed by atoms with Crippen molar-refractivity contribution < 1.29 is 5.11 Å². The molecule has 100 valence electrons. The second-order valence-electron chi connectivity index (χ2n) is 5.73. The van der Waals surface area contributed by atoms with Gasteiger partial charge in [0.15, 0.2) is 0 Å². The third kappa shape index (κ3) is 2.93. The van der Waals surface area contributed by atoms with Crippen LogP contribution in [0, 0.1) is 12.8 Å². The lowest BCUT2D eigenvalue weighted by atomic mass is 9.99. The van der Waals surface area contributed by atoms with E-state index in [1.165, 1.54) is 24.0 Å². The van der Waals surface area contributed by atoms with E-state index in [-0.39, 0.29) is 6.10 Å². The van der Waals surface area contributed by atoms with E-state index >= 15 is 0 Å². The highest BCUT2D eigenvalue weighted by atomic mass is 16.3. The molecular formula is C16H25NO. The summed E-state index contributed by atoms with van der Waals surface area (Å²) < 4.78 is 0. The summed E-state index contributed by atoms with van der Waals surface area (Å²) in [6, 6.07) is 8.99. The van der Waals surface area contributed by atoms with Crippen molar-refractivity contribution in [3.63, 3.8) is 0 Å². The maximum atomic E-state index is 9.92. The zero-order chi connectivity index (χ0) is 13.1. The van der Waals surface area contributed by atoms with Gasteiger partial charge in [0.05, 0.1) is 6.10 Å². The first kappa shape index (κ1) is 13.6. The molecule has 3 atom stereocenters. The molecule has 1 aliphatic rings. The first-order valence-corrected chi connectivity index (χ1v) is 7.03. The number of aliphatic hydroxyl groups excluding tert-OH is 1. The zero-order valence-electron chi connectivity index (χ0n) is 11.8. The molecule has 1 saturated carbocycles. The molecule has 0 amide bonds. The van der Waals surface area contributed by atoms with Crippen molar-refractivity contribution in [1.82, 2.24) is 4.90 Å². The molecular weight excluding hydrogens is 222 g/mol. The second kappa shape index (κ2) is 5.85. The molecule has 0 saturated heterocycles. The predicted molar refractivity (Wildman–Crippen MR) is 75.6 cm³/mol. The molecule has 1 fully saturated rings. The van der Waals surface area contributed by atoms with E-state index < -0.39 is 0 Å². The topological polar surface area (TPSA) is 23.5 Å². The Balaban J connectivity index is 2.00. The number of benzene rings is 1.